The Balaban J connectivity index is 1.24. The normalized spacial score (nSPS) is 24.1. The lowest BCUT2D eigenvalue weighted by atomic mass is 9.94. The summed E-state index contributed by atoms with van der Waals surface area (Å²) in [7, 11) is 1.50. The van der Waals surface area contributed by atoms with Crippen molar-refractivity contribution in [1.82, 2.24) is 24.8 Å². The molecule has 1 amide bonds. The average Bonchev–Trinajstić information content (AvgIpc) is 3.75. The molecule has 4 aliphatic rings. The molecule has 288 valence electrons. The Kier molecular flexibility index (Phi) is 9.48. The molecule has 0 radical (unpaired) electrons. The number of hydrogen-bond donors (Lipinski definition) is 0. The van der Waals surface area contributed by atoms with Crippen LogP contribution in [0.15, 0.2) is 30.5 Å². The Labute approximate surface area is 312 Å². The van der Waals surface area contributed by atoms with E-state index in [9.17, 15) is 9.18 Å². The lowest BCUT2D eigenvalue weighted by Crippen LogP contribution is -2.57. The fourth-order valence-electron chi connectivity index (χ4n) is 9.08. The molecule has 6 heterocycles. The first-order chi connectivity index (χ1) is 25.9. The molecule has 0 aliphatic carbocycles. The van der Waals surface area contributed by atoms with Crippen LogP contribution in [0.1, 0.15) is 65.4 Å². The van der Waals surface area contributed by atoms with Crippen molar-refractivity contribution < 1.29 is 36.9 Å². The number of anilines is 1. The summed E-state index contributed by atoms with van der Waals surface area (Å²) in [5, 5.41) is 1.56. The van der Waals surface area contributed by atoms with Gasteiger partial charge in [-0.1, -0.05) is 13.0 Å². The van der Waals surface area contributed by atoms with Gasteiger partial charge in [-0.3, -0.25) is 14.8 Å². The maximum absolute atomic E-state index is 17.3. The van der Waals surface area contributed by atoms with Crippen molar-refractivity contribution in [1.29, 1.82) is 0 Å². The van der Waals surface area contributed by atoms with Gasteiger partial charge in [-0.05, 0) is 94.0 Å². The van der Waals surface area contributed by atoms with E-state index in [1.165, 1.54) is 13.2 Å². The number of alkyl halides is 1. The number of nitrogens with zero attached hydrogens (tertiary/aromatic N) is 6. The number of benzene rings is 2. The Morgan fingerprint density at radius 1 is 1.06 bits per heavy atom. The molecule has 54 heavy (non-hydrogen) atoms. The Hall–Kier alpha value is -4.43. The SMILES string of the molecule is CCc1c(F)ccc2cc(OCOC)cc(-c3ncc4c(N5CC6CCC(C5)N6C(=O)OC(C)(C)C)nc(OC[C@@]56CCCN5C[C@H](F)C6)nc4c3F)c12. The topological polar surface area (TPSA) is 102 Å². The van der Waals surface area contributed by atoms with E-state index in [1.54, 1.807) is 24.4 Å². The molecule has 4 fully saturated rings. The molecule has 11 nitrogen and oxygen atoms in total. The second kappa shape index (κ2) is 14.0. The van der Waals surface area contributed by atoms with Gasteiger partial charge in [-0.25, -0.2) is 18.0 Å². The minimum Gasteiger partial charge on any atom is -0.468 e. The summed E-state index contributed by atoms with van der Waals surface area (Å²) in [5.74, 6) is -0.283. The zero-order chi connectivity index (χ0) is 37.9. The maximum Gasteiger partial charge on any atom is 0.410 e. The zero-order valence-corrected chi connectivity index (χ0v) is 31.5. The van der Waals surface area contributed by atoms with Crippen molar-refractivity contribution in [3.05, 3.63) is 47.7 Å². The van der Waals surface area contributed by atoms with Gasteiger partial charge >= 0.3 is 12.1 Å². The van der Waals surface area contributed by atoms with Crippen molar-refractivity contribution in [3.63, 3.8) is 0 Å². The largest absolute Gasteiger partial charge is 0.468 e. The fraction of sp³-hybridized carbons (Fsp3) is 0.550. The van der Waals surface area contributed by atoms with E-state index in [-0.39, 0.29) is 48.8 Å². The van der Waals surface area contributed by atoms with Gasteiger partial charge in [-0.2, -0.15) is 9.97 Å². The Morgan fingerprint density at radius 3 is 2.56 bits per heavy atom. The van der Waals surface area contributed by atoms with Gasteiger partial charge in [0.25, 0.3) is 0 Å². The highest BCUT2D eigenvalue weighted by Gasteiger charge is 2.50. The third kappa shape index (κ3) is 6.54. The van der Waals surface area contributed by atoms with Crippen LogP contribution in [0.2, 0.25) is 0 Å². The van der Waals surface area contributed by atoms with Crippen LogP contribution in [0.5, 0.6) is 11.8 Å². The van der Waals surface area contributed by atoms with Gasteiger partial charge in [0.15, 0.2) is 12.6 Å². The van der Waals surface area contributed by atoms with E-state index in [2.05, 4.69) is 14.9 Å². The molecule has 14 heteroatoms. The fourth-order valence-corrected chi connectivity index (χ4v) is 9.08. The molecular weight excluding hydrogens is 701 g/mol. The maximum atomic E-state index is 17.3. The minimum absolute atomic E-state index is 0.0108. The van der Waals surface area contributed by atoms with Crippen LogP contribution in [0.4, 0.5) is 23.8 Å². The number of carbonyl (C=O) groups excluding carboxylic acids is 1. The summed E-state index contributed by atoms with van der Waals surface area (Å²) < 4.78 is 70.3. The summed E-state index contributed by atoms with van der Waals surface area (Å²) in [6, 6.07) is 6.14. The number of piperazine rings is 1. The highest BCUT2D eigenvalue weighted by molar-refractivity contribution is 6.02. The molecule has 0 saturated carbocycles. The third-order valence-corrected chi connectivity index (χ3v) is 11.4. The predicted molar refractivity (Wildman–Crippen MR) is 198 cm³/mol. The number of halogens is 3. The van der Waals surface area contributed by atoms with Crippen LogP contribution in [0, 0.1) is 11.6 Å². The molecule has 2 aromatic carbocycles. The quantitative estimate of drug-likeness (QED) is 0.163. The van der Waals surface area contributed by atoms with Gasteiger partial charge in [0.1, 0.15) is 47.0 Å². The number of aryl methyl sites for hydroxylation is 1. The number of pyridine rings is 1. The Bertz CT molecular complexity index is 2080. The van der Waals surface area contributed by atoms with Crippen molar-refractivity contribution in [2.75, 3.05) is 51.6 Å². The second-order valence-corrected chi connectivity index (χ2v) is 16.1. The van der Waals surface area contributed by atoms with Crippen LogP contribution in [-0.2, 0) is 15.9 Å². The molecule has 2 unspecified atom stereocenters. The number of hydrogen-bond acceptors (Lipinski definition) is 10. The number of methoxy groups -OCH3 is 1. The van der Waals surface area contributed by atoms with Gasteiger partial charge in [0.2, 0.25) is 0 Å². The molecule has 2 aromatic heterocycles. The van der Waals surface area contributed by atoms with E-state index in [0.717, 1.165) is 32.2 Å². The van der Waals surface area contributed by atoms with Gasteiger partial charge in [-0.15, -0.1) is 0 Å². The number of carbonyl (C=O) groups is 1. The van der Waals surface area contributed by atoms with E-state index < -0.39 is 28.9 Å². The first-order valence-electron chi connectivity index (χ1n) is 18.9. The zero-order valence-electron chi connectivity index (χ0n) is 31.5. The van der Waals surface area contributed by atoms with E-state index in [0.29, 0.717) is 71.3 Å². The number of amides is 1. The lowest BCUT2D eigenvalue weighted by molar-refractivity contribution is 0.0122. The smallest absolute Gasteiger partial charge is 0.410 e. The molecule has 8 rings (SSSR count). The van der Waals surface area contributed by atoms with Gasteiger partial charge < -0.3 is 23.8 Å². The Morgan fingerprint density at radius 2 is 1.83 bits per heavy atom. The highest BCUT2D eigenvalue weighted by atomic mass is 19.1. The number of fused-ring (bicyclic) bond motifs is 5. The third-order valence-electron chi connectivity index (χ3n) is 11.4. The number of aromatic nitrogens is 3. The van der Waals surface area contributed by atoms with Crippen LogP contribution < -0.4 is 14.4 Å². The van der Waals surface area contributed by atoms with Crippen molar-refractivity contribution in [3.8, 4) is 23.0 Å². The number of rotatable bonds is 9. The first kappa shape index (κ1) is 36.5. The van der Waals surface area contributed by atoms with E-state index in [4.69, 9.17) is 23.9 Å². The first-order valence-corrected chi connectivity index (χ1v) is 18.9. The molecule has 4 aliphatic heterocycles. The molecular formula is C40H47F3N6O5. The predicted octanol–water partition coefficient (Wildman–Crippen LogP) is 7.21. The average molecular weight is 749 g/mol. The molecule has 4 saturated heterocycles. The summed E-state index contributed by atoms with van der Waals surface area (Å²) in [6.45, 7) is 9.56. The molecule has 4 atom stereocenters. The summed E-state index contributed by atoms with van der Waals surface area (Å²) in [4.78, 5) is 33.5. The monoisotopic (exact) mass is 748 g/mol. The highest BCUT2D eigenvalue weighted by Crippen LogP contribution is 2.43. The van der Waals surface area contributed by atoms with Crippen molar-refractivity contribution in [2.45, 2.75) is 95.6 Å². The second-order valence-electron chi connectivity index (χ2n) is 16.1. The van der Waals surface area contributed by atoms with E-state index in [1.807, 2.05) is 37.5 Å². The van der Waals surface area contributed by atoms with Crippen LogP contribution >= 0.6 is 0 Å². The summed E-state index contributed by atoms with van der Waals surface area (Å²) >= 11 is 0. The van der Waals surface area contributed by atoms with Crippen molar-refractivity contribution in [2.24, 2.45) is 0 Å². The van der Waals surface area contributed by atoms with Gasteiger partial charge in [0.05, 0.1) is 23.0 Å². The summed E-state index contributed by atoms with van der Waals surface area (Å²) in [6.07, 6.45) is 4.29. The van der Waals surface area contributed by atoms with Crippen LogP contribution in [0.25, 0.3) is 32.9 Å². The van der Waals surface area contributed by atoms with Crippen LogP contribution in [-0.4, -0.2) is 107 Å². The molecule has 0 spiro atoms. The molecule has 2 bridgehead atoms. The summed E-state index contributed by atoms with van der Waals surface area (Å²) in [5.41, 5.74) is -0.372. The standard InChI is InChI=1S/C40H47F3N6O5/c1-6-28-31(42)11-8-23-14-27(53-22-51-5)15-29(32(23)28)34-33(43)35-30(17-44-34)36(46-37(45-35)52-21-40-12-7-13-48(40)18-24(41)16-40)47-19-25-9-10-26(20-47)49(25)38(50)54-39(2,3)4/h8,11,14-15,17,24-26H,6-7,9-10,12-13,16,18-22H2,1-5H3/t24-,25?,26?,40+/m1/s1. The van der Waals surface area contributed by atoms with Crippen LogP contribution in [0.3, 0.4) is 0 Å². The molecule has 0 N–H and O–H groups in total. The lowest BCUT2D eigenvalue weighted by Gasteiger charge is -2.42. The van der Waals surface area contributed by atoms with E-state index >= 15 is 8.78 Å². The number of ether oxygens (including phenoxy) is 4. The van der Waals surface area contributed by atoms with Gasteiger partial charge in [0, 0.05) is 44.9 Å². The van der Waals surface area contributed by atoms with Crippen molar-refractivity contribution >= 4 is 33.6 Å². The molecule has 4 aromatic rings. The minimum atomic E-state index is -0.943.